The molecule has 0 aliphatic heterocycles. The molecule has 0 aliphatic carbocycles. The molecule has 480 valence electrons. The van der Waals surface area contributed by atoms with E-state index in [4.69, 9.17) is 28.2 Å². The number of halogens is 24. The molecule has 32 heteroatoms. The molecule has 3 atom stereocenters. The van der Waals surface area contributed by atoms with Crippen LogP contribution in [-0.4, -0.2) is 50.6 Å². The lowest BCUT2D eigenvalue weighted by Crippen LogP contribution is -2.74. The maximum Gasteiger partial charge on any atom is 0.864 e. The van der Waals surface area contributed by atoms with Gasteiger partial charge in [-0.05, 0) is 82.1 Å². The van der Waals surface area contributed by atoms with Crippen LogP contribution in [0, 0.1) is 6.07 Å². The minimum Gasteiger partial charge on any atom is -0.490 e. The second-order valence-electron chi connectivity index (χ2n) is 18.4. The average Bonchev–Trinajstić information content (AvgIpc) is 0.751. The molecule has 0 N–H and O–H groups in total. The van der Waals surface area contributed by atoms with E-state index in [1.165, 1.54) is 27.7 Å². The Labute approximate surface area is 472 Å². The van der Waals surface area contributed by atoms with E-state index >= 15 is 13.2 Å². The molecule has 0 saturated carbocycles. The Morgan fingerprint density at radius 3 is 1.08 bits per heavy atom. The fourth-order valence-electron chi connectivity index (χ4n) is 9.35. The largest absolute Gasteiger partial charge is 0.864 e. The molecule has 0 radical (unpaired) electrons. The molecule has 4 aromatic rings. The van der Waals surface area contributed by atoms with Crippen LogP contribution in [0.15, 0.2) is 66.7 Å². The van der Waals surface area contributed by atoms with Gasteiger partial charge in [-0.3, -0.25) is 0 Å². The van der Waals surface area contributed by atoms with Crippen LogP contribution in [0.4, 0.5) is 105 Å². The monoisotopic (exact) mass is 1270 g/mol. The highest BCUT2D eigenvalue weighted by Crippen LogP contribution is 2.55. The van der Waals surface area contributed by atoms with Crippen molar-refractivity contribution < 1.29 is 138 Å². The summed E-state index contributed by atoms with van der Waals surface area (Å²) in [5.41, 5.74) is -19.6. The lowest BCUT2D eigenvalue weighted by molar-refractivity contribution is -1.08. The third-order valence-corrected chi connectivity index (χ3v) is 12.7. The summed E-state index contributed by atoms with van der Waals surface area (Å²) in [7, 11) is -3.42. The predicted molar refractivity (Wildman–Crippen MR) is 257 cm³/mol. The van der Waals surface area contributed by atoms with Crippen LogP contribution in [0.1, 0.15) is 143 Å². The molecule has 3 unspecified atom stereocenters. The summed E-state index contributed by atoms with van der Waals surface area (Å²) in [5.74, 6) is -4.92. The van der Waals surface area contributed by atoms with Crippen LogP contribution in [0.25, 0.3) is 0 Å². The van der Waals surface area contributed by atoms with Crippen molar-refractivity contribution in [2.45, 2.75) is 161 Å². The Morgan fingerprint density at radius 2 is 0.776 bits per heavy atom. The first-order chi connectivity index (χ1) is 38.8. The highest BCUT2D eigenvalue weighted by molar-refractivity contribution is 6.39. The normalized spacial score (nSPS) is 15.3. The van der Waals surface area contributed by atoms with Crippen molar-refractivity contribution in [3.63, 3.8) is 0 Å². The summed E-state index contributed by atoms with van der Waals surface area (Å²) in [6.07, 6.45) is -45.2. The zero-order valence-corrected chi connectivity index (χ0v) is 45.8. The first-order valence-corrected chi connectivity index (χ1v) is 25.7. The van der Waals surface area contributed by atoms with Crippen LogP contribution >= 0.6 is 0 Å². The van der Waals surface area contributed by atoms with Crippen molar-refractivity contribution in [2.24, 2.45) is 0 Å². The van der Waals surface area contributed by atoms with Gasteiger partial charge in [-0.25, -0.2) is 4.48 Å². The van der Waals surface area contributed by atoms with Crippen molar-refractivity contribution in [3.05, 3.63) is 123 Å². The molecule has 4 rings (SSSR count). The number of quaternary nitrogens is 1. The van der Waals surface area contributed by atoms with E-state index in [0.717, 1.165) is 0 Å². The van der Waals surface area contributed by atoms with E-state index in [0.29, 0.717) is 31.4 Å². The molecule has 0 aromatic heterocycles. The van der Waals surface area contributed by atoms with Crippen molar-refractivity contribution in [1.29, 1.82) is 0 Å². The fourth-order valence-corrected chi connectivity index (χ4v) is 9.35. The number of benzene rings is 4. The Balaban J connectivity index is 0.00000118. The number of alkyl halides is 24. The van der Waals surface area contributed by atoms with E-state index in [-0.39, 0.29) is 81.5 Å². The van der Waals surface area contributed by atoms with E-state index < -0.39 is 172 Å². The van der Waals surface area contributed by atoms with Crippen molar-refractivity contribution in [1.82, 2.24) is 0 Å². The van der Waals surface area contributed by atoms with E-state index in [1.807, 2.05) is 6.92 Å². The molecule has 0 heterocycles. The molecule has 4 aromatic carbocycles. The highest BCUT2D eigenvalue weighted by Gasteiger charge is 2.64. The summed E-state index contributed by atoms with van der Waals surface area (Å²) in [4.78, 5) is 0. The van der Waals surface area contributed by atoms with Gasteiger partial charge in [0, 0.05) is 19.3 Å². The van der Waals surface area contributed by atoms with Gasteiger partial charge in [0.25, 0.3) is 0 Å². The topological polar surface area (TPSA) is 55.4 Å². The Bertz CT molecular complexity index is 2570. The summed E-state index contributed by atoms with van der Waals surface area (Å²) < 4.78 is 367. The first kappa shape index (κ1) is 73.8. The quantitative estimate of drug-likeness (QED) is 0.0174. The van der Waals surface area contributed by atoms with Gasteiger partial charge in [0.2, 0.25) is 5.72 Å². The van der Waals surface area contributed by atoms with Gasteiger partial charge in [0.1, 0.15) is 17.2 Å². The van der Waals surface area contributed by atoms with Gasteiger partial charge in [-0.15, -0.1) is 6.07 Å². The standard InChI is InChI=1S/C45H53BF18NO6.C8H3F6/c1-8-15-16-17-18-65(36(9-2)66-12-5,37(10-3)67-13-6)39(11-4,68-14-7)38-34(45(62,63)64)25-31(44(59,60)61)26-35(38)71-46(69-32-21-27(40(47,48)49)19-28(22-32)41(50,51)52)70-33-23-29(42(53,54)55)20-30(24-33)43(56,57)58;9-7(10,11)5-2-1-3-6(4-5)8(12,13)14/h19-26,36-37H,8-18H2,1-7H3;2-4H/q+1;-1. The number of rotatable bonds is 24. The Morgan fingerprint density at radius 1 is 0.412 bits per heavy atom. The molecule has 0 bridgehead atoms. The van der Waals surface area contributed by atoms with Crippen LogP contribution in [0.2, 0.25) is 0 Å². The molecule has 85 heavy (non-hydrogen) atoms. The van der Waals surface area contributed by atoms with Gasteiger partial charge >= 0.3 is 56.7 Å². The lowest BCUT2D eigenvalue weighted by atomic mass is 9.85. The number of ether oxygens (including phenoxy) is 3. The number of hydrogen-bond acceptors (Lipinski definition) is 6. The molecule has 0 aliphatic rings. The SMILES string of the molecule is CCCCCC[N+](C(CC)OCC)(C(CC)OCC)C(CC)(OCC)c1c(OB(Oc2cc(C(F)(F)F)cc(C(F)(F)F)c2)Oc2cc(C(F)(F)F)cc(C(F)(F)F)c2)cc(C(F)(F)F)cc1C(F)(F)F.FC(F)(F)c1c[c-]cc(C(F)(F)F)c1. The van der Waals surface area contributed by atoms with E-state index in [9.17, 15) is 92.2 Å². The maximum atomic E-state index is 15.9. The summed E-state index contributed by atoms with van der Waals surface area (Å²) in [6, 6.07) is 0.851. The van der Waals surface area contributed by atoms with Gasteiger partial charge in [-0.2, -0.15) is 124 Å². The Kier molecular flexibility index (Phi) is 24.8. The molecule has 0 amide bonds. The van der Waals surface area contributed by atoms with E-state index in [2.05, 4.69) is 0 Å². The van der Waals surface area contributed by atoms with Crippen LogP contribution < -0.4 is 14.0 Å². The van der Waals surface area contributed by atoms with Crippen LogP contribution in [0.3, 0.4) is 0 Å². The molecule has 0 fully saturated rings. The van der Waals surface area contributed by atoms with Crippen LogP contribution in [-0.2, 0) is 69.3 Å². The zero-order valence-electron chi connectivity index (χ0n) is 45.8. The number of nitrogens with zero attached hydrogens (tertiary/aromatic N) is 1. The molecule has 0 spiro atoms. The minimum atomic E-state index is -5.85. The third-order valence-electron chi connectivity index (χ3n) is 12.7. The minimum absolute atomic E-state index is 0.0521. The number of unbranched alkanes of at least 4 members (excludes halogenated alkanes) is 3. The van der Waals surface area contributed by atoms with Crippen LogP contribution in [0.5, 0.6) is 17.2 Å². The van der Waals surface area contributed by atoms with Gasteiger partial charge in [0.05, 0.1) is 65.3 Å². The summed E-state index contributed by atoms with van der Waals surface area (Å²) in [5, 5.41) is 0. The van der Waals surface area contributed by atoms with Crippen molar-refractivity contribution in [2.75, 3.05) is 26.4 Å². The second-order valence-corrected chi connectivity index (χ2v) is 18.4. The average molecular weight is 1270 g/mol. The molecular formula is C53H56BF24NO6. The number of hydrogen-bond donors (Lipinski definition) is 0. The van der Waals surface area contributed by atoms with E-state index in [1.54, 1.807) is 19.9 Å². The summed E-state index contributed by atoms with van der Waals surface area (Å²) >= 11 is 0. The zero-order chi connectivity index (χ0) is 65.2. The van der Waals surface area contributed by atoms with Gasteiger partial charge < -0.3 is 28.2 Å². The van der Waals surface area contributed by atoms with Crippen molar-refractivity contribution in [3.8, 4) is 17.2 Å². The smallest absolute Gasteiger partial charge is 0.490 e. The summed E-state index contributed by atoms with van der Waals surface area (Å²) in [6.45, 7) is 9.65. The first-order valence-electron chi connectivity index (χ1n) is 25.7. The lowest BCUT2D eigenvalue weighted by Gasteiger charge is -2.59. The molecule has 0 saturated heterocycles. The fraction of sp³-hybridized carbons (Fsp3) is 0.547. The van der Waals surface area contributed by atoms with Crippen molar-refractivity contribution >= 4 is 7.32 Å². The second kappa shape index (κ2) is 28.6. The molecular weight excluding hydrogens is 1210 g/mol. The Hall–Kier alpha value is -5.50. The van der Waals surface area contributed by atoms with Gasteiger partial charge in [0.15, 0.2) is 12.5 Å². The highest BCUT2D eigenvalue weighted by atomic mass is 19.4. The predicted octanol–water partition coefficient (Wildman–Crippen LogP) is 19.4. The van der Waals surface area contributed by atoms with Gasteiger partial charge in [-0.1, -0.05) is 51.7 Å². The maximum absolute atomic E-state index is 15.9. The third kappa shape index (κ3) is 19.0. The molecule has 7 nitrogen and oxygen atoms in total.